The lowest BCUT2D eigenvalue weighted by molar-refractivity contribution is -0.140. The Labute approximate surface area is 197 Å². The number of rotatable bonds is 7. The maximum Gasteiger partial charge on any atom is 0.337 e. The van der Waals surface area contributed by atoms with Crippen molar-refractivity contribution in [3.05, 3.63) is 70.8 Å². The lowest BCUT2D eigenvalue weighted by Gasteiger charge is -2.27. The summed E-state index contributed by atoms with van der Waals surface area (Å²) in [6.07, 6.45) is 1.50. The first kappa shape index (κ1) is 23.5. The van der Waals surface area contributed by atoms with Crippen molar-refractivity contribution in [2.24, 2.45) is 0 Å². The number of methoxy groups -OCH3 is 1. The fourth-order valence-corrected chi connectivity index (χ4v) is 4.37. The first-order chi connectivity index (χ1) is 16.4. The topological polar surface area (TPSA) is 102 Å². The van der Waals surface area contributed by atoms with Gasteiger partial charge in [-0.3, -0.25) is 9.59 Å². The molecule has 178 valence electrons. The summed E-state index contributed by atoms with van der Waals surface area (Å²) in [6.45, 7) is 3.21. The number of amides is 1. The van der Waals surface area contributed by atoms with E-state index < -0.39 is 23.7 Å². The van der Waals surface area contributed by atoms with Crippen molar-refractivity contribution in [2.75, 3.05) is 26.9 Å². The highest BCUT2D eigenvalue weighted by Crippen LogP contribution is 2.40. The molecule has 2 heterocycles. The molecule has 2 fully saturated rings. The molecule has 0 bridgehead atoms. The van der Waals surface area contributed by atoms with Crippen LogP contribution in [0.2, 0.25) is 0 Å². The van der Waals surface area contributed by atoms with Gasteiger partial charge in [0.2, 0.25) is 0 Å². The quantitative estimate of drug-likeness (QED) is 0.289. The van der Waals surface area contributed by atoms with Crippen LogP contribution in [0.25, 0.3) is 5.76 Å². The smallest absolute Gasteiger partial charge is 0.337 e. The first-order valence-corrected chi connectivity index (χ1v) is 11.3. The van der Waals surface area contributed by atoms with Gasteiger partial charge in [0.1, 0.15) is 11.5 Å². The fraction of sp³-hybridized carbons (Fsp3) is 0.346. The zero-order valence-electron chi connectivity index (χ0n) is 19.2. The van der Waals surface area contributed by atoms with Crippen LogP contribution in [0.3, 0.4) is 0 Å². The maximum atomic E-state index is 13.1. The Hall–Kier alpha value is -3.65. The van der Waals surface area contributed by atoms with Gasteiger partial charge >= 0.3 is 5.97 Å². The molecule has 0 aromatic heterocycles. The van der Waals surface area contributed by atoms with E-state index in [9.17, 15) is 19.5 Å². The summed E-state index contributed by atoms with van der Waals surface area (Å²) in [6, 6.07) is 12.3. The lowest BCUT2D eigenvalue weighted by atomic mass is 9.94. The van der Waals surface area contributed by atoms with E-state index in [1.807, 2.05) is 6.92 Å². The second-order valence-electron chi connectivity index (χ2n) is 8.16. The van der Waals surface area contributed by atoms with Gasteiger partial charge in [-0.15, -0.1) is 0 Å². The lowest BCUT2D eigenvalue weighted by Crippen LogP contribution is -2.36. The molecule has 8 nitrogen and oxygen atoms in total. The van der Waals surface area contributed by atoms with Gasteiger partial charge in [0.25, 0.3) is 11.7 Å². The summed E-state index contributed by atoms with van der Waals surface area (Å²) in [4.78, 5) is 39.5. The number of carbonyl (C=O) groups is 3. The number of nitrogens with zero attached hydrogens (tertiary/aromatic N) is 1. The van der Waals surface area contributed by atoms with Crippen LogP contribution in [0.5, 0.6) is 5.75 Å². The minimum absolute atomic E-state index is 0.00188. The van der Waals surface area contributed by atoms with E-state index >= 15 is 0 Å². The van der Waals surface area contributed by atoms with Crippen molar-refractivity contribution < 1.29 is 33.7 Å². The molecule has 0 unspecified atom stereocenters. The van der Waals surface area contributed by atoms with Crippen LogP contribution in [0.15, 0.2) is 54.1 Å². The second kappa shape index (κ2) is 10.1. The monoisotopic (exact) mass is 465 g/mol. The molecule has 0 aliphatic carbocycles. The molecule has 2 aromatic carbocycles. The first-order valence-electron chi connectivity index (χ1n) is 11.3. The van der Waals surface area contributed by atoms with Crippen molar-refractivity contribution in [2.45, 2.75) is 31.9 Å². The van der Waals surface area contributed by atoms with E-state index in [2.05, 4.69) is 0 Å². The van der Waals surface area contributed by atoms with Gasteiger partial charge in [-0.05, 0) is 61.7 Å². The molecule has 8 heteroatoms. The summed E-state index contributed by atoms with van der Waals surface area (Å²) in [5.74, 6) is -1.57. The van der Waals surface area contributed by atoms with Crippen LogP contribution in [-0.2, 0) is 19.1 Å². The Morgan fingerprint density at radius 3 is 2.35 bits per heavy atom. The highest BCUT2D eigenvalue weighted by atomic mass is 16.5. The van der Waals surface area contributed by atoms with Crippen molar-refractivity contribution >= 4 is 23.4 Å². The molecular weight excluding hydrogens is 438 g/mol. The minimum atomic E-state index is -0.817. The molecule has 2 aliphatic heterocycles. The molecule has 4 rings (SSSR count). The third-order valence-corrected chi connectivity index (χ3v) is 6.05. The third kappa shape index (κ3) is 4.54. The minimum Gasteiger partial charge on any atom is -0.507 e. The fourth-order valence-electron chi connectivity index (χ4n) is 4.37. The number of carbonyl (C=O) groups excluding carboxylic acids is 3. The van der Waals surface area contributed by atoms with Gasteiger partial charge in [0.15, 0.2) is 0 Å². The van der Waals surface area contributed by atoms with Gasteiger partial charge < -0.3 is 24.2 Å². The zero-order chi connectivity index (χ0) is 24.2. The average molecular weight is 466 g/mol. The van der Waals surface area contributed by atoms with Crippen LogP contribution in [0, 0.1) is 0 Å². The summed E-state index contributed by atoms with van der Waals surface area (Å²) in [5.41, 5.74) is 1.33. The molecule has 1 N–H and O–H groups in total. The number of aliphatic hydroxyl groups excluding tert-OH is 1. The molecule has 1 amide bonds. The van der Waals surface area contributed by atoms with Crippen molar-refractivity contribution in [1.82, 2.24) is 4.90 Å². The van der Waals surface area contributed by atoms with Crippen molar-refractivity contribution in [1.29, 1.82) is 0 Å². The van der Waals surface area contributed by atoms with Crippen molar-refractivity contribution in [3.63, 3.8) is 0 Å². The summed E-state index contributed by atoms with van der Waals surface area (Å²) in [7, 11) is 1.30. The number of Topliss-reactive ketones (excluding diaryl/α,β-unsaturated/α-hetero) is 1. The van der Waals surface area contributed by atoms with Crippen LogP contribution in [-0.4, -0.2) is 60.6 Å². The van der Waals surface area contributed by atoms with Gasteiger partial charge in [-0.25, -0.2) is 4.79 Å². The van der Waals surface area contributed by atoms with Gasteiger partial charge in [0, 0.05) is 18.7 Å². The van der Waals surface area contributed by atoms with Gasteiger partial charge in [-0.2, -0.15) is 0 Å². The summed E-state index contributed by atoms with van der Waals surface area (Å²) >= 11 is 0. The molecule has 34 heavy (non-hydrogen) atoms. The van der Waals surface area contributed by atoms with Crippen LogP contribution in [0.4, 0.5) is 0 Å². The Kier molecular flexibility index (Phi) is 6.98. The SMILES string of the molecule is CCOc1ccc(C(O)=C2C(=O)C(=O)N(C[C@@H]3CCCO3)[C@H]2c2ccc(C(=O)OC)cc2)cc1. The summed E-state index contributed by atoms with van der Waals surface area (Å²) in [5, 5.41) is 11.2. The predicted octanol–water partition coefficient (Wildman–Crippen LogP) is 3.47. The largest absolute Gasteiger partial charge is 0.507 e. The predicted molar refractivity (Wildman–Crippen MR) is 123 cm³/mol. The number of likely N-dealkylation sites (tertiary alicyclic amines) is 1. The molecule has 0 radical (unpaired) electrons. The molecule has 0 saturated carbocycles. The Bertz CT molecular complexity index is 1100. The van der Waals surface area contributed by atoms with E-state index in [-0.39, 0.29) is 24.0 Å². The molecule has 2 aromatic rings. The van der Waals surface area contributed by atoms with Crippen LogP contribution < -0.4 is 4.74 Å². The average Bonchev–Trinajstić information content (AvgIpc) is 3.46. The Morgan fingerprint density at radius 2 is 1.76 bits per heavy atom. The van der Waals surface area contributed by atoms with E-state index in [4.69, 9.17) is 14.2 Å². The Morgan fingerprint density at radius 1 is 1.09 bits per heavy atom. The van der Waals surface area contributed by atoms with E-state index in [0.29, 0.717) is 35.7 Å². The highest BCUT2D eigenvalue weighted by molar-refractivity contribution is 6.46. The van der Waals surface area contributed by atoms with E-state index in [0.717, 1.165) is 12.8 Å². The van der Waals surface area contributed by atoms with Crippen LogP contribution in [0.1, 0.15) is 47.3 Å². The second-order valence-corrected chi connectivity index (χ2v) is 8.16. The van der Waals surface area contributed by atoms with Gasteiger partial charge in [-0.1, -0.05) is 12.1 Å². The highest BCUT2D eigenvalue weighted by Gasteiger charge is 2.47. The number of hydrogen-bond donors (Lipinski definition) is 1. The number of aliphatic hydroxyl groups is 1. The van der Waals surface area contributed by atoms with E-state index in [1.54, 1.807) is 48.5 Å². The standard InChI is InChI=1S/C26H27NO7/c1-3-33-19-12-10-17(11-13-19)23(28)21-22(16-6-8-18(9-7-16)26(31)32-2)27(25(30)24(21)29)15-20-5-4-14-34-20/h6-13,20,22,28H,3-5,14-15H2,1-2H3/t20-,22-/m0/s1. The van der Waals surface area contributed by atoms with Crippen LogP contribution >= 0.6 is 0 Å². The zero-order valence-corrected chi connectivity index (χ0v) is 19.2. The van der Waals surface area contributed by atoms with Gasteiger partial charge in [0.05, 0.1) is 37.0 Å². The summed E-state index contributed by atoms with van der Waals surface area (Å²) < 4.78 is 15.9. The Balaban J connectivity index is 1.77. The maximum absolute atomic E-state index is 13.1. The number of benzene rings is 2. The number of ether oxygens (including phenoxy) is 3. The normalized spacial score (nSPS) is 21.6. The number of ketones is 1. The number of hydrogen-bond acceptors (Lipinski definition) is 7. The third-order valence-electron chi connectivity index (χ3n) is 6.05. The van der Waals surface area contributed by atoms with E-state index in [1.165, 1.54) is 12.0 Å². The van der Waals surface area contributed by atoms with Crippen molar-refractivity contribution in [3.8, 4) is 5.75 Å². The molecule has 2 atom stereocenters. The number of esters is 1. The molecular formula is C26H27NO7. The molecule has 0 spiro atoms. The molecule has 2 aliphatic rings. The molecule has 2 saturated heterocycles.